The second kappa shape index (κ2) is 6.87. The van der Waals surface area contributed by atoms with Crippen LogP contribution in [0, 0.1) is 11.7 Å². The third kappa shape index (κ3) is 4.41. The molecule has 1 aromatic carbocycles. The summed E-state index contributed by atoms with van der Waals surface area (Å²) in [5.41, 5.74) is 0.0919. The van der Waals surface area contributed by atoms with Crippen LogP contribution in [0.5, 0.6) is 0 Å². The molecule has 2 rings (SSSR count). The lowest BCUT2D eigenvalue weighted by Crippen LogP contribution is -2.27. The van der Waals surface area contributed by atoms with Gasteiger partial charge in [0.05, 0.1) is 11.6 Å². The van der Waals surface area contributed by atoms with Crippen LogP contribution in [-0.4, -0.2) is 41.5 Å². The largest absolute Gasteiger partial charge is 0.481 e. The van der Waals surface area contributed by atoms with E-state index in [-0.39, 0.29) is 29.0 Å². The summed E-state index contributed by atoms with van der Waals surface area (Å²) in [6, 6.07) is 4.04. The molecule has 5 nitrogen and oxygen atoms in total. The average Bonchev–Trinajstić information content (AvgIpc) is 2.89. The van der Waals surface area contributed by atoms with E-state index in [1.165, 1.54) is 12.1 Å². The lowest BCUT2D eigenvalue weighted by atomic mass is 10.1. The zero-order valence-corrected chi connectivity index (χ0v) is 12.1. The van der Waals surface area contributed by atoms with Crippen LogP contribution >= 0.6 is 11.6 Å². The molecule has 0 spiro atoms. The number of carbonyl (C=O) groups is 2. The maximum atomic E-state index is 13.5. The summed E-state index contributed by atoms with van der Waals surface area (Å²) in [6.45, 7) is 1.59. The highest BCUT2D eigenvalue weighted by molar-refractivity contribution is 6.30. The molecule has 1 aliphatic rings. The zero-order chi connectivity index (χ0) is 15.4. The summed E-state index contributed by atoms with van der Waals surface area (Å²) in [6.07, 6.45) is 0.789. The van der Waals surface area contributed by atoms with E-state index in [2.05, 4.69) is 5.32 Å². The Morgan fingerprint density at radius 3 is 2.86 bits per heavy atom. The third-order valence-corrected chi connectivity index (χ3v) is 3.72. The third-order valence-electron chi connectivity index (χ3n) is 3.48. The van der Waals surface area contributed by atoms with Gasteiger partial charge in [-0.1, -0.05) is 11.6 Å². The number of hydrogen-bond donors (Lipinski definition) is 2. The zero-order valence-electron chi connectivity index (χ0n) is 11.3. The minimum absolute atomic E-state index is 0.0919. The Morgan fingerprint density at radius 2 is 2.24 bits per heavy atom. The molecule has 0 aliphatic carbocycles. The summed E-state index contributed by atoms with van der Waals surface area (Å²) in [7, 11) is 0. The number of likely N-dealkylation sites (tertiary alicyclic amines) is 1. The molecule has 2 N–H and O–H groups in total. The van der Waals surface area contributed by atoms with Crippen molar-refractivity contribution in [3.8, 4) is 0 Å². The number of nitrogens with zero attached hydrogens (tertiary/aromatic N) is 1. The summed E-state index contributed by atoms with van der Waals surface area (Å²) in [4.78, 5) is 24.5. The molecule has 1 atom stereocenters. The van der Waals surface area contributed by atoms with Crippen LogP contribution in [-0.2, 0) is 9.59 Å². The van der Waals surface area contributed by atoms with E-state index in [9.17, 15) is 14.0 Å². The molecular formula is C14H16ClFN2O3. The predicted molar refractivity (Wildman–Crippen MR) is 76.8 cm³/mol. The molecule has 7 heteroatoms. The number of rotatable bonds is 5. The van der Waals surface area contributed by atoms with E-state index >= 15 is 0 Å². The molecule has 1 unspecified atom stereocenters. The van der Waals surface area contributed by atoms with E-state index in [0.29, 0.717) is 26.1 Å². The van der Waals surface area contributed by atoms with Crippen molar-refractivity contribution < 1.29 is 19.1 Å². The molecule has 0 aromatic heterocycles. The first-order valence-electron chi connectivity index (χ1n) is 6.66. The standard InChI is InChI=1S/C14H16ClFN2O3/c15-10-1-2-12(11(16)7-10)17-13(19)4-6-18-5-3-9(8-18)14(20)21/h1-2,7,9H,3-6,8H2,(H,17,19)(H,20,21). The number of aliphatic carboxylic acids is 1. The van der Waals surface area contributed by atoms with E-state index in [4.69, 9.17) is 16.7 Å². The lowest BCUT2D eigenvalue weighted by molar-refractivity contribution is -0.141. The normalized spacial score (nSPS) is 18.7. The van der Waals surface area contributed by atoms with Gasteiger partial charge in [-0.25, -0.2) is 4.39 Å². The predicted octanol–water partition coefficient (Wildman–Crippen LogP) is 2.21. The van der Waals surface area contributed by atoms with Gasteiger partial charge in [-0.2, -0.15) is 0 Å². The summed E-state index contributed by atoms with van der Waals surface area (Å²) < 4.78 is 13.5. The summed E-state index contributed by atoms with van der Waals surface area (Å²) in [5.74, 6) is -2.05. The number of carboxylic acids is 1. The van der Waals surface area contributed by atoms with Crippen molar-refractivity contribution >= 4 is 29.2 Å². The summed E-state index contributed by atoms with van der Waals surface area (Å²) >= 11 is 5.63. The van der Waals surface area contributed by atoms with Crippen LogP contribution in [0.15, 0.2) is 18.2 Å². The van der Waals surface area contributed by atoms with Crippen LogP contribution in [0.4, 0.5) is 10.1 Å². The number of carboxylic acid groups (broad SMARTS) is 1. The topological polar surface area (TPSA) is 69.6 Å². The van der Waals surface area contributed by atoms with E-state index in [1.807, 2.05) is 4.90 Å². The van der Waals surface area contributed by atoms with Crippen molar-refractivity contribution in [3.63, 3.8) is 0 Å². The fraction of sp³-hybridized carbons (Fsp3) is 0.429. The number of carbonyl (C=O) groups excluding carboxylic acids is 1. The Hall–Kier alpha value is -1.66. The number of hydrogen-bond acceptors (Lipinski definition) is 3. The first kappa shape index (κ1) is 15.7. The first-order valence-corrected chi connectivity index (χ1v) is 7.03. The molecule has 0 saturated carbocycles. The van der Waals surface area contributed by atoms with E-state index in [0.717, 1.165) is 6.07 Å². The second-order valence-corrected chi connectivity index (χ2v) is 5.48. The molecule has 1 saturated heterocycles. The average molecular weight is 315 g/mol. The highest BCUT2D eigenvalue weighted by atomic mass is 35.5. The Balaban J connectivity index is 1.79. The number of nitrogens with one attached hydrogen (secondary N) is 1. The fourth-order valence-electron chi connectivity index (χ4n) is 2.30. The van der Waals surface area contributed by atoms with E-state index in [1.54, 1.807) is 0 Å². The second-order valence-electron chi connectivity index (χ2n) is 5.05. The van der Waals surface area contributed by atoms with Crippen LogP contribution in [0.25, 0.3) is 0 Å². The maximum Gasteiger partial charge on any atom is 0.307 e. The van der Waals surface area contributed by atoms with Gasteiger partial charge in [0.2, 0.25) is 5.91 Å². The molecular weight excluding hydrogens is 299 g/mol. The Morgan fingerprint density at radius 1 is 1.48 bits per heavy atom. The van der Waals surface area contributed by atoms with Gasteiger partial charge in [0, 0.05) is 24.5 Å². The Labute approximate surface area is 126 Å². The molecule has 114 valence electrons. The van der Waals surface area contributed by atoms with Crippen LogP contribution in [0.3, 0.4) is 0 Å². The first-order chi connectivity index (χ1) is 9.95. The van der Waals surface area contributed by atoms with Crippen molar-refractivity contribution in [2.45, 2.75) is 12.8 Å². The van der Waals surface area contributed by atoms with Crippen molar-refractivity contribution in [1.29, 1.82) is 0 Å². The number of anilines is 1. The quantitative estimate of drug-likeness (QED) is 0.874. The Kier molecular flexibility index (Phi) is 5.14. The SMILES string of the molecule is O=C(CCN1CCC(C(=O)O)C1)Nc1ccc(Cl)cc1F. The van der Waals surface area contributed by atoms with Gasteiger partial charge in [0.25, 0.3) is 0 Å². The van der Waals surface area contributed by atoms with Crippen molar-refractivity contribution in [1.82, 2.24) is 4.90 Å². The molecule has 0 bridgehead atoms. The van der Waals surface area contributed by atoms with Gasteiger partial charge < -0.3 is 15.3 Å². The van der Waals surface area contributed by atoms with Crippen molar-refractivity contribution in [3.05, 3.63) is 29.0 Å². The monoisotopic (exact) mass is 314 g/mol. The van der Waals surface area contributed by atoms with Gasteiger partial charge in [-0.3, -0.25) is 9.59 Å². The Bertz CT molecular complexity index is 553. The van der Waals surface area contributed by atoms with Crippen molar-refractivity contribution in [2.24, 2.45) is 5.92 Å². The minimum atomic E-state index is -0.801. The molecule has 1 aromatic rings. The highest BCUT2D eigenvalue weighted by Crippen LogP contribution is 2.19. The van der Waals surface area contributed by atoms with Gasteiger partial charge in [-0.05, 0) is 31.2 Å². The van der Waals surface area contributed by atoms with Crippen molar-refractivity contribution in [2.75, 3.05) is 25.0 Å². The molecule has 1 amide bonds. The highest BCUT2D eigenvalue weighted by Gasteiger charge is 2.27. The van der Waals surface area contributed by atoms with Gasteiger partial charge >= 0.3 is 5.97 Å². The molecule has 0 radical (unpaired) electrons. The van der Waals surface area contributed by atoms with Gasteiger partial charge in [-0.15, -0.1) is 0 Å². The number of halogens is 2. The number of benzene rings is 1. The number of amides is 1. The van der Waals surface area contributed by atoms with E-state index < -0.39 is 11.8 Å². The van der Waals surface area contributed by atoms with Crippen LogP contribution in [0.2, 0.25) is 5.02 Å². The fourth-order valence-corrected chi connectivity index (χ4v) is 2.46. The molecule has 1 aliphatic heterocycles. The lowest BCUT2D eigenvalue weighted by Gasteiger charge is -2.14. The maximum absolute atomic E-state index is 13.5. The minimum Gasteiger partial charge on any atom is -0.481 e. The smallest absolute Gasteiger partial charge is 0.307 e. The van der Waals surface area contributed by atoms with Crippen LogP contribution < -0.4 is 5.32 Å². The molecule has 1 fully saturated rings. The van der Waals surface area contributed by atoms with Gasteiger partial charge in [0.15, 0.2) is 0 Å². The molecule has 1 heterocycles. The van der Waals surface area contributed by atoms with Gasteiger partial charge in [0.1, 0.15) is 5.82 Å². The van der Waals surface area contributed by atoms with Crippen LogP contribution in [0.1, 0.15) is 12.8 Å². The molecule has 21 heavy (non-hydrogen) atoms. The summed E-state index contributed by atoms with van der Waals surface area (Å²) in [5, 5.41) is 11.6.